The van der Waals surface area contributed by atoms with Crippen LogP contribution in [-0.4, -0.2) is 42.4 Å². The molecule has 132 valence electrons. The van der Waals surface area contributed by atoms with Gasteiger partial charge in [0, 0.05) is 38.4 Å². The van der Waals surface area contributed by atoms with Gasteiger partial charge in [-0.25, -0.2) is 9.97 Å². The molecule has 1 fully saturated rings. The van der Waals surface area contributed by atoms with Gasteiger partial charge in [0.15, 0.2) is 5.82 Å². The Kier molecular flexibility index (Phi) is 4.35. The molecule has 0 N–H and O–H groups in total. The number of piperidine rings is 1. The molecule has 0 spiro atoms. The van der Waals surface area contributed by atoms with Gasteiger partial charge in [0.05, 0.1) is 12.9 Å². The summed E-state index contributed by atoms with van der Waals surface area (Å²) in [5, 5.41) is 17.9. The molecule has 1 atom stereocenters. The average molecular weight is 348 g/mol. The van der Waals surface area contributed by atoms with Crippen LogP contribution in [0.15, 0.2) is 36.9 Å². The standard InChI is InChI=1S/C18H20N8/c1-24-17(12-25-9-7-20-13-25)22-23-18(24)14-4-3-8-26(11-14)16-6-2-5-15(10-19)21-16/h2,5-7,9,13-14H,3-4,8,11-12H2,1H3/t14-/m1/s1. The van der Waals surface area contributed by atoms with Crippen molar-refractivity contribution in [3.63, 3.8) is 0 Å². The zero-order valence-electron chi connectivity index (χ0n) is 14.7. The van der Waals surface area contributed by atoms with Crippen molar-refractivity contribution in [2.24, 2.45) is 7.05 Å². The number of hydrogen-bond acceptors (Lipinski definition) is 6. The van der Waals surface area contributed by atoms with Crippen molar-refractivity contribution in [2.75, 3.05) is 18.0 Å². The average Bonchev–Trinajstić information content (AvgIpc) is 3.33. The zero-order valence-corrected chi connectivity index (χ0v) is 14.7. The largest absolute Gasteiger partial charge is 0.356 e. The summed E-state index contributed by atoms with van der Waals surface area (Å²) in [4.78, 5) is 10.7. The fourth-order valence-corrected chi connectivity index (χ4v) is 3.47. The predicted molar refractivity (Wildman–Crippen MR) is 95.5 cm³/mol. The summed E-state index contributed by atoms with van der Waals surface area (Å²) in [6.07, 6.45) is 7.60. The smallest absolute Gasteiger partial charge is 0.152 e. The van der Waals surface area contributed by atoms with Gasteiger partial charge < -0.3 is 14.0 Å². The second-order valence-corrected chi connectivity index (χ2v) is 6.55. The van der Waals surface area contributed by atoms with E-state index in [9.17, 15) is 0 Å². The number of rotatable bonds is 4. The topological polar surface area (TPSA) is 88.5 Å². The number of imidazole rings is 1. The summed E-state index contributed by atoms with van der Waals surface area (Å²) in [5.74, 6) is 3.07. The first-order chi connectivity index (χ1) is 12.7. The lowest BCUT2D eigenvalue weighted by molar-refractivity contribution is 0.475. The molecule has 8 heteroatoms. The SMILES string of the molecule is Cn1c(Cn2ccnc2)nnc1[C@@H]1CCCN(c2cccc(C#N)n2)C1. The van der Waals surface area contributed by atoms with Gasteiger partial charge in [0.2, 0.25) is 0 Å². The predicted octanol–water partition coefficient (Wildman–Crippen LogP) is 1.71. The molecular weight excluding hydrogens is 328 g/mol. The van der Waals surface area contributed by atoms with Crippen LogP contribution >= 0.6 is 0 Å². The molecule has 1 aliphatic rings. The second kappa shape index (κ2) is 6.96. The van der Waals surface area contributed by atoms with Crippen LogP contribution in [0.3, 0.4) is 0 Å². The molecule has 0 aromatic carbocycles. The van der Waals surface area contributed by atoms with Crippen molar-refractivity contribution in [1.82, 2.24) is 29.3 Å². The van der Waals surface area contributed by atoms with E-state index in [-0.39, 0.29) is 0 Å². The van der Waals surface area contributed by atoms with E-state index in [1.807, 2.05) is 29.9 Å². The molecule has 0 aliphatic carbocycles. The van der Waals surface area contributed by atoms with Gasteiger partial charge in [-0.2, -0.15) is 5.26 Å². The molecule has 0 amide bonds. The number of aromatic nitrogens is 6. The van der Waals surface area contributed by atoms with E-state index in [4.69, 9.17) is 5.26 Å². The number of anilines is 1. The van der Waals surface area contributed by atoms with E-state index in [1.165, 1.54) is 0 Å². The molecule has 26 heavy (non-hydrogen) atoms. The first kappa shape index (κ1) is 16.3. The van der Waals surface area contributed by atoms with Gasteiger partial charge in [0.1, 0.15) is 23.4 Å². The summed E-state index contributed by atoms with van der Waals surface area (Å²) >= 11 is 0. The Morgan fingerprint density at radius 3 is 3.04 bits per heavy atom. The van der Waals surface area contributed by atoms with Gasteiger partial charge in [0.25, 0.3) is 0 Å². The molecule has 4 rings (SSSR count). The number of nitrogens with zero attached hydrogens (tertiary/aromatic N) is 8. The Balaban J connectivity index is 1.53. The van der Waals surface area contributed by atoms with Gasteiger partial charge in [-0.1, -0.05) is 6.07 Å². The molecular formula is C18H20N8. The monoisotopic (exact) mass is 348 g/mol. The Bertz CT molecular complexity index is 921. The van der Waals surface area contributed by atoms with Crippen LogP contribution in [-0.2, 0) is 13.6 Å². The van der Waals surface area contributed by atoms with Crippen molar-refractivity contribution < 1.29 is 0 Å². The Labute approximate surface area is 151 Å². The molecule has 0 saturated carbocycles. The van der Waals surface area contributed by atoms with Crippen LogP contribution in [0.5, 0.6) is 0 Å². The molecule has 3 aromatic heterocycles. The molecule has 4 heterocycles. The maximum atomic E-state index is 9.08. The number of hydrogen-bond donors (Lipinski definition) is 0. The van der Waals surface area contributed by atoms with E-state index in [0.717, 1.165) is 43.4 Å². The minimum absolute atomic E-state index is 0.297. The van der Waals surface area contributed by atoms with Crippen molar-refractivity contribution in [2.45, 2.75) is 25.3 Å². The third kappa shape index (κ3) is 3.16. The van der Waals surface area contributed by atoms with Crippen LogP contribution in [0.1, 0.15) is 36.1 Å². The highest BCUT2D eigenvalue weighted by Gasteiger charge is 2.26. The van der Waals surface area contributed by atoms with E-state index in [1.54, 1.807) is 18.6 Å². The van der Waals surface area contributed by atoms with Gasteiger partial charge in [-0.05, 0) is 25.0 Å². The summed E-state index contributed by atoms with van der Waals surface area (Å²) < 4.78 is 4.07. The molecule has 3 aromatic rings. The van der Waals surface area contributed by atoms with Crippen LogP contribution in [0, 0.1) is 11.3 Å². The molecule has 1 saturated heterocycles. The Morgan fingerprint density at radius 1 is 1.31 bits per heavy atom. The molecule has 0 radical (unpaired) electrons. The molecule has 0 unspecified atom stereocenters. The van der Waals surface area contributed by atoms with Crippen LogP contribution in [0.25, 0.3) is 0 Å². The third-order valence-corrected chi connectivity index (χ3v) is 4.84. The second-order valence-electron chi connectivity index (χ2n) is 6.55. The van der Waals surface area contributed by atoms with Crippen molar-refractivity contribution in [3.05, 3.63) is 54.3 Å². The fraction of sp³-hybridized carbons (Fsp3) is 0.389. The summed E-state index contributed by atoms with van der Waals surface area (Å²) in [7, 11) is 2.02. The van der Waals surface area contributed by atoms with Crippen LogP contribution < -0.4 is 4.90 Å². The Hall–Kier alpha value is -3.21. The normalized spacial score (nSPS) is 17.2. The third-order valence-electron chi connectivity index (χ3n) is 4.84. The highest BCUT2D eigenvalue weighted by atomic mass is 15.3. The minimum atomic E-state index is 0.297. The maximum absolute atomic E-state index is 9.08. The lowest BCUT2D eigenvalue weighted by atomic mass is 9.97. The van der Waals surface area contributed by atoms with E-state index in [0.29, 0.717) is 18.2 Å². The van der Waals surface area contributed by atoms with Crippen molar-refractivity contribution >= 4 is 5.82 Å². The highest BCUT2D eigenvalue weighted by Crippen LogP contribution is 2.28. The maximum Gasteiger partial charge on any atom is 0.152 e. The fourth-order valence-electron chi connectivity index (χ4n) is 3.47. The lowest BCUT2D eigenvalue weighted by Crippen LogP contribution is -2.36. The number of pyridine rings is 1. The number of nitriles is 1. The summed E-state index contributed by atoms with van der Waals surface area (Å²) in [6, 6.07) is 7.69. The zero-order chi connectivity index (χ0) is 17.9. The Morgan fingerprint density at radius 2 is 2.23 bits per heavy atom. The van der Waals surface area contributed by atoms with E-state index >= 15 is 0 Å². The van der Waals surface area contributed by atoms with E-state index in [2.05, 4.69) is 35.7 Å². The summed E-state index contributed by atoms with van der Waals surface area (Å²) in [5.41, 5.74) is 0.450. The molecule has 1 aliphatic heterocycles. The highest BCUT2D eigenvalue weighted by molar-refractivity contribution is 5.42. The van der Waals surface area contributed by atoms with Gasteiger partial charge in [-0.15, -0.1) is 10.2 Å². The lowest BCUT2D eigenvalue weighted by Gasteiger charge is -2.33. The van der Waals surface area contributed by atoms with Crippen molar-refractivity contribution in [3.8, 4) is 6.07 Å². The molecule has 8 nitrogen and oxygen atoms in total. The quantitative estimate of drug-likeness (QED) is 0.713. The molecule has 0 bridgehead atoms. The van der Waals surface area contributed by atoms with Crippen LogP contribution in [0.4, 0.5) is 5.82 Å². The van der Waals surface area contributed by atoms with Gasteiger partial charge in [-0.3, -0.25) is 0 Å². The van der Waals surface area contributed by atoms with Crippen LogP contribution in [0.2, 0.25) is 0 Å². The van der Waals surface area contributed by atoms with Crippen molar-refractivity contribution in [1.29, 1.82) is 5.26 Å². The first-order valence-electron chi connectivity index (χ1n) is 8.70. The first-order valence-corrected chi connectivity index (χ1v) is 8.70. The summed E-state index contributed by atoms with van der Waals surface area (Å²) in [6.45, 7) is 2.43. The minimum Gasteiger partial charge on any atom is -0.356 e. The van der Waals surface area contributed by atoms with E-state index < -0.39 is 0 Å². The van der Waals surface area contributed by atoms with Gasteiger partial charge >= 0.3 is 0 Å².